The van der Waals surface area contributed by atoms with Crippen molar-refractivity contribution in [3.05, 3.63) is 23.3 Å². The van der Waals surface area contributed by atoms with Gasteiger partial charge in [-0.1, -0.05) is 15.9 Å². The molecule has 0 aliphatic heterocycles. The van der Waals surface area contributed by atoms with E-state index in [0.717, 1.165) is 17.9 Å². The van der Waals surface area contributed by atoms with Crippen LogP contribution in [0.1, 0.15) is 42.6 Å². The van der Waals surface area contributed by atoms with Crippen molar-refractivity contribution in [2.24, 2.45) is 0 Å². The van der Waals surface area contributed by atoms with Crippen molar-refractivity contribution in [3.63, 3.8) is 0 Å². The summed E-state index contributed by atoms with van der Waals surface area (Å²) in [5, 5.41) is 0. The SMILES string of the molecule is CCOc1cc2c(cc1OCC)C(Br)CCC2. The molecule has 1 atom stereocenters. The molecule has 0 bridgehead atoms. The molecule has 0 spiro atoms. The Kier molecular flexibility index (Phi) is 4.32. The molecule has 1 aliphatic rings. The minimum Gasteiger partial charge on any atom is -0.490 e. The molecular weight excluding hydrogens is 280 g/mol. The first-order chi connectivity index (χ1) is 8.26. The van der Waals surface area contributed by atoms with Crippen molar-refractivity contribution >= 4 is 15.9 Å². The highest BCUT2D eigenvalue weighted by Gasteiger charge is 2.21. The maximum atomic E-state index is 5.66. The third-order valence-electron chi connectivity index (χ3n) is 3.05. The van der Waals surface area contributed by atoms with Gasteiger partial charge in [0, 0.05) is 4.83 Å². The molecule has 0 heterocycles. The van der Waals surface area contributed by atoms with Gasteiger partial charge in [-0.25, -0.2) is 0 Å². The number of ether oxygens (including phenoxy) is 2. The predicted molar refractivity (Wildman–Crippen MR) is 73.4 cm³/mol. The van der Waals surface area contributed by atoms with E-state index in [1.807, 2.05) is 13.8 Å². The quantitative estimate of drug-likeness (QED) is 0.774. The third-order valence-corrected chi connectivity index (χ3v) is 4.00. The molecule has 0 saturated carbocycles. The molecule has 0 fully saturated rings. The standard InChI is InChI=1S/C14H19BrO2/c1-3-16-13-8-10-6-5-7-12(15)11(10)9-14(13)17-4-2/h8-9,12H,3-7H2,1-2H3. The Morgan fingerprint density at radius 2 is 1.82 bits per heavy atom. The molecule has 94 valence electrons. The second kappa shape index (κ2) is 5.76. The number of benzene rings is 1. The van der Waals surface area contributed by atoms with E-state index in [4.69, 9.17) is 9.47 Å². The minimum atomic E-state index is 0.459. The summed E-state index contributed by atoms with van der Waals surface area (Å²) in [6, 6.07) is 4.29. The number of alkyl halides is 1. The van der Waals surface area contributed by atoms with Crippen LogP contribution in [0.15, 0.2) is 12.1 Å². The van der Waals surface area contributed by atoms with Crippen LogP contribution in [0.3, 0.4) is 0 Å². The molecule has 1 aromatic carbocycles. The fraction of sp³-hybridized carbons (Fsp3) is 0.571. The molecule has 0 N–H and O–H groups in total. The van der Waals surface area contributed by atoms with Gasteiger partial charge < -0.3 is 9.47 Å². The zero-order valence-corrected chi connectivity index (χ0v) is 12.0. The van der Waals surface area contributed by atoms with Gasteiger partial charge in [-0.15, -0.1) is 0 Å². The number of fused-ring (bicyclic) bond motifs is 1. The summed E-state index contributed by atoms with van der Waals surface area (Å²) in [6.45, 7) is 5.35. The van der Waals surface area contributed by atoms with Gasteiger partial charge in [0.25, 0.3) is 0 Å². The van der Waals surface area contributed by atoms with Crippen LogP contribution < -0.4 is 9.47 Å². The van der Waals surface area contributed by atoms with E-state index in [-0.39, 0.29) is 0 Å². The molecule has 0 aromatic heterocycles. The zero-order valence-electron chi connectivity index (χ0n) is 10.5. The number of hydrogen-bond acceptors (Lipinski definition) is 2. The van der Waals surface area contributed by atoms with Gasteiger partial charge >= 0.3 is 0 Å². The van der Waals surface area contributed by atoms with E-state index in [2.05, 4.69) is 28.1 Å². The number of rotatable bonds is 4. The summed E-state index contributed by atoms with van der Waals surface area (Å²) in [5.41, 5.74) is 2.76. The first-order valence-corrected chi connectivity index (χ1v) is 7.24. The van der Waals surface area contributed by atoms with Gasteiger partial charge in [0.1, 0.15) is 0 Å². The van der Waals surface area contributed by atoms with Crippen molar-refractivity contribution in [2.75, 3.05) is 13.2 Å². The Bertz CT molecular complexity index is 390. The van der Waals surface area contributed by atoms with Crippen LogP contribution in [0.5, 0.6) is 11.5 Å². The molecule has 0 saturated heterocycles. The normalized spacial score (nSPS) is 18.6. The van der Waals surface area contributed by atoms with E-state index in [0.29, 0.717) is 18.0 Å². The summed E-state index contributed by atoms with van der Waals surface area (Å²) >= 11 is 3.74. The second-order valence-electron chi connectivity index (χ2n) is 4.22. The van der Waals surface area contributed by atoms with E-state index >= 15 is 0 Å². The highest BCUT2D eigenvalue weighted by atomic mass is 79.9. The lowest BCUT2D eigenvalue weighted by Crippen LogP contribution is -2.07. The molecule has 0 amide bonds. The summed E-state index contributed by atoms with van der Waals surface area (Å²) in [4.78, 5) is 0.459. The molecule has 0 radical (unpaired) electrons. The predicted octanol–water partition coefficient (Wildman–Crippen LogP) is 4.26. The van der Waals surface area contributed by atoms with Crippen molar-refractivity contribution in [3.8, 4) is 11.5 Å². The second-order valence-corrected chi connectivity index (χ2v) is 5.33. The molecule has 2 nitrogen and oxygen atoms in total. The van der Waals surface area contributed by atoms with Crippen molar-refractivity contribution < 1.29 is 9.47 Å². The lowest BCUT2D eigenvalue weighted by atomic mass is 9.91. The molecule has 1 unspecified atom stereocenters. The maximum absolute atomic E-state index is 5.66. The van der Waals surface area contributed by atoms with Crippen molar-refractivity contribution in [1.82, 2.24) is 0 Å². The van der Waals surface area contributed by atoms with Gasteiger partial charge in [-0.05, 0) is 56.4 Å². The number of aryl methyl sites for hydroxylation is 1. The molecular formula is C14H19BrO2. The van der Waals surface area contributed by atoms with Crippen molar-refractivity contribution in [2.45, 2.75) is 37.9 Å². The Labute approximate surface area is 111 Å². The van der Waals surface area contributed by atoms with Crippen LogP contribution in [0.4, 0.5) is 0 Å². The van der Waals surface area contributed by atoms with Crippen LogP contribution >= 0.6 is 15.9 Å². The summed E-state index contributed by atoms with van der Waals surface area (Å²) in [6.07, 6.45) is 3.58. The van der Waals surface area contributed by atoms with Gasteiger partial charge in [0.15, 0.2) is 11.5 Å². The lowest BCUT2D eigenvalue weighted by Gasteiger charge is -2.23. The summed E-state index contributed by atoms with van der Waals surface area (Å²) in [7, 11) is 0. The van der Waals surface area contributed by atoms with Crippen LogP contribution in [-0.4, -0.2) is 13.2 Å². The van der Waals surface area contributed by atoms with Crippen LogP contribution in [0, 0.1) is 0 Å². The zero-order chi connectivity index (χ0) is 12.3. The Morgan fingerprint density at radius 3 is 2.47 bits per heavy atom. The monoisotopic (exact) mass is 298 g/mol. The van der Waals surface area contributed by atoms with Crippen LogP contribution in [0.25, 0.3) is 0 Å². The third kappa shape index (κ3) is 2.76. The molecule has 1 aliphatic carbocycles. The topological polar surface area (TPSA) is 18.5 Å². The molecule has 17 heavy (non-hydrogen) atoms. The largest absolute Gasteiger partial charge is 0.490 e. The fourth-order valence-electron chi connectivity index (χ4n) is 2.29. The van der Waals surface area contributed by atoms with Gasteiger partial charge in [0.05, 0.1) is 13.2 Å². The van der Waals surface area contributed by atoms with E-state index in [1.165, 1.54) is 24.0 Å². The number of halogens is 1. The maximum Gasteiger partial charge on any atom is 0.161 e. The van der Waals surface area contributed by atoms with Crippen LogP contribution in [-0.2, 0) is 6.42 Å². The molecule has 3 heteroatoms. The first kappa shape index (κ1) is 12.7. The van der Waals surface area contributed by atoms with E-state index in [1.54, 1.807) is 0 Å². The first-order valence-electron chi connectivity index (χ1n) is 6.32. The Morgan fingerprint density at radius 1 is 1.18 bits per heavy atom. The smallest absolute Gasteiger partial charge is 0.161 e. The summed E-state index contributed by atoms with van der Waals surface area (Å²) < 4.78 is 11.3. The number of hydrogen-bond donors (Lipinski definition) is 0. The average molecular weight is 299 g/mol. The minimum absolute atomic E-state index is 0.459. The van der Waals surface area contributed by atoms with Gasteiger partial charge in [0.2, 0.25) is 0 Å². The van der Waals surface area contributed by atoms with E-state index in [9.17, 15) is 0 Å². The summed E-state index contributed by atoms with van der Waals surface area (Å²) in [5.74, 6) is 1.76. The average Bonchev–Trinajstić information content (AvgIpc) is 2.32. The Hall–Kier alpha value is -0.700. The highest BCUT2D eigenvalue weighted by molar-refractivity contribution is 9.09. The van der Waals surface area contributed by atoms with Gasteiger partial charge in [-0.3, -0.25) is 0 Å². The molecule has 1 aromatic rings. The van der Waals surface area contributed by atoms with Crippen LogP contribution in [0.2, 0.25) is 0 Å². The van der Waals surface area contributed by atoms with E-state index < -0.39 is 0 Å². The lowest BCUT2D eigenvalue weighted by molar-refractivity contribution is 0.287. The molecule has 2 rings (SSSR count). The Balaban J connectivity index is 2.39. The van der Waals surface area contributed by atoms with Crippen molar-refractivity contribution in [1.29, 1.82) is 0 Å². The fourth-order valence-corrected chi connectivity index (χ4v) is 3.04. The van der Waals surface area contributed by atoms with Gasteiger partial charge in [-0.2, -0.15) is 0 Å². The highest BCUT2D eigenvalue weighted by Crippen LogP contribution is 2.41.